The van der Waals surface area contributed by atoms with Crippen molar-refractivity contribution in [3.8, 4) is 0 Å². The van der Waals surface area contributed by atoms with Crippen molar-refractivity contribution < 1.29 is 0 Å². The first-order valence-corrected chi connectivity index (χ1v) is 9.64. The van der Waals surface area contributed by atoms with Crippen LogP contribution in [0.3, 0.4) is 0 Å². The molecule has 27 heavy (non-hydrogen) atoms. The predicted octanol–water partition coefficient (Wildman–Crippen LogP) is 2.20. The number of nitrogens with zero attached hydrogens (tertiary/aromatic N) is 7. The molecule has 2 aliphatic rings. The topological polar surface area (TPSA) is 61.3 Å². The molecule has 7 heteroatoms. The third kappa shape index (κ3) is 3.55. The van der Waals surface area contributed by atoms with Crippen molar-refractivity contribution in [1.82, 2.24) is 19.9 Å². The SMILES string of the molecule is CN(C)c1ccnc(N2CC3CN(c4cc(C(C)(C)C)ncn4)CC3C2)n1. The van der Waals surface area contributed by atoms with Crippen LogP contribution in [0.4, 0.5) is 17.6 Å². The Bertz CT molecular complexity index is 800. The molecule has 2 aliphatic heterocycles. The smallest absolute Gasteiger partial charge is 0.227 e. The summed E-state index contributed by atoms with van der Waals surface area (Å²) in [6.45, 7) is 10.7. The summed E-state index contributed by atoms with van der Waals surface area (Å²) in [4.78, 5) is 25.0. The van der Waals surface area contributed by atoms with Crippen LogP contribution < -0.4 is 14.7 Å². The van der Waals surface area contributed by atoms with E-state index < -0.39 is 0 Å². The lowest BCUT2D eigenvalue weighted by Crippen LogP contribution is -2.30. The number of rotatable bonds is 3. The monoisotopic (exact) mass is 367 g/mol. The summed E-state index contributed by atoms with van der Waals surface area (Å²) >= 11 is 0. The van der Waals surface area contributed by atoms with Gasteiger partial charge in [0.25, 0.3) is 0 Å². The molecule has 2 fully saturated rings. The highest BCUT2D eigenvalue weighted by Gasteiger charge is 2.41. The van der Waals surface area contributed by atoms with Crippen molar-refractivity contribution in [1.29, 1.82) is 0 Å². The Labute approximate surface area is 161 Å². The van der Waals surface area contributed by atoms with Gasteiger partial charge in [-0.25, -0.2) is 15.0 Å². The van der Waals surface area contributed by atoms with Gasteiger partial charge in [-0.1, -0.05) is 20.8 Å². The number of anilines is 3. The maximum absolute atomic E-state index is 4.70. The molecule has 144 valence electrons. The molecule has 2 aromatic heterocycles. The first-order chi connectivity index (χ1) is 12.8. The number of fused-ring (bicyclic) bond motifs is 1. The van der Waals surface area contributed by atoms with Crippen molar-refractivity contribution in [2.24, 2.45) is 11.8 Å². The second kappa shape index (κ2) is 6.62. The predicted molar refractivity (Wildman–Crippen MR) is 108 cm³/mol. The molecule has 4 rings (SSSR count). The normalized spacial score (nSPS) is 22.3. The van der Waals surface area contributed by atoms with Gasteiger partial charge in [0.05, 0.1) is 5.69 Å². The molecule has 0 aromatic carbocycles. The van der Waals surface area contributed by atoms with Crippen molar-refractivity contribution >= 4 is 17.6 Å². The van der Waals surface area contributed by atoms with Gasteiger partial charge in [-0.3, -0.25) is 0 Å². The minimum Gasteiger partial charge on any atom is -0.363 e. The van der Waals surface area contributed by atoms with Crippen LogP contribution in [0.25, 0.3) is 0 Å². The van der Waals surface area contributed by atoms with Gasteiger partial charge in [-0.15, -0.1) is 0 Å². The quantitative estimate of drug-likeness (QED) is 0.824. The summed E-state index contributed by atoms with van der Waals surface area (Å²) in [5.41, 5.74) is 1.14. The molecular weight excluding hydrogens is 338 g/mol. The lowest BCUT2D eigenvalue weighted by atomic mass is 9.92. The minimum absolute atomic E-state index is 0.0406. The Morgan fingerprint density at radius 3 is 2.26 bits per heavy atom. The van der Waals surface area contributed by atoms with Crippen LogP contribution in [0.5, 0.6) is 0 Å². The fourth-order valence-electron chi connectivity index (χ4n) is 4.01. The standard InChI is InChI=1S/C20H29N7/c1-20(2,3)16-8-18(23-13-22-16)26-9-14-11-27(12-15(14)10-26)19-21-7-6-17(24-19)25(4)5/h6-8,13-15H,9-12H2,1-5H3. The Hall–Kier alpha value is -2.44. The van der Waals surface area contributed by atoms with Crippen LogP contribution in [-0.2, 0) is 5.41 Å². The average Bonchev–Trinajstić information content (AvgIpc) is 3.20. The van der Waals surface area contributed by atoms with Crippen LogP contribution >= 0.6 is 0 Å². The van der Waals surface area contributed by atoms with Gasteiger partial charge in [0.2, 0.25) is 5.95 Å². The molecule has 0 amide bonds. The molecule has 0 aliphatic carbocycles. The summed E-state index contributed by atoms with van der Waals surface area (Å²) < 4.78 is 0. The summed E-state index contributed by atoms with van der Waals surface area (Å²) in [6, 6.07) is 4.10. The first kappa shape index (κ1) is 17.9. The highest BCUT2D eigenvalue weighted by Crippen LogP contribution is 2.35. The maximum Gasteiger partial charge on any atom is 0.227 e. The van der Waals surface area contributed by atoms with Gasteiger partial charge in [0.1, 0.15) is 18.0 Å². The van der Waals surface area contributed by atoms with E-state index in [1.807, 2.05) is 31.3 Å². The highest BCUT2D eigenvalue weighted by atomic mass is 15.3. The van der Waals surface area contributed by atoms with Crippen LogP contribution in [-0.4, -0.2) is 60.2 Å². The third-order valence-corrected chi connectivity index (χ3v) is 5.60. The fraction of sp³-hybridized carbons (Fsp3) is 0.600. The van der Waals surface area contributed by atoms with Gasteiger partial charge in [0, 0.05) is 69.8 Å². The Morgan fingerprint density at radius 2 is 1.63 bits per heavy atom. The molecular formula is C20H29N7. The molecule has 0 saturated carbocycles. The summed E-state index contributed by atoms with van der Waals surface area (Å²) in [6.07, 6.45) is 3.56. The number of hydrogen-bond acceptors (Lipinski definition) is 7. The molecule has 2 saturated heterocycles. The van der Waals surface area contributed by atoms with Gasteiger partial charge in [-0.2, -0.15) is 4.98 Å². The first-order valence-electron chi connectivity index (χ1n) is 9.64. The number of hydrogen-bond donors (Lipinski definition) is 0. The second-order valence-corrected chi connectivity index (χ2v) is 8.95. The van der Waals surface area contributed by atoms with E-state index in [1.54, 1.807) is 6.33 Å². The molecule has 0 radical (unpaired) electrons. The van der Waals surface area contributed by atoms with Crippen LogP contribution in [0.1, 0.15) is 26.5 Å². The summed E-state index contributed by atoms with van der Waals surface area (Å²) in [7, 11) is 4.02. The Balaban J connectivity index is 1.45. The van der Waals surface area contributed by atoms with Crippen molar-refractivity contribution in [3.05, 3.63) is 30.4 Å². The fourth-order valence-corrected chi connectivity index (χ4v) is 4.01. The highest BCUT2D eigenvalue weighted by molar-refractivity contribution is 5.46. The van der Waals surface area contributed by atoms with Gasteiger partial charge in [0.15, 0.2) is 0 Å². The lowest BCUT2D eigenvalue weighted by Gasteiger charge is -2.24. The summed E-state index contributed by atoms with van der Waals surface area (Å²) in [5.74, 6) is 4.12. The van der Waals surface area contributed by atoms with Crippen LogP contribution in [0.15, 0.2) is 24.7 Å². The third-order valence-electron chi connectivity index (χ3n) is 5.60. The number of aromatic nitrogens is 4. The van der Waals surface area contributed by atoms with E-state index in [4.69, 9.17) is 4.98 Å². The molecule has 0 N–H and O–H groups in total. The van der Waals surface area contributed by atoms with E-state index in [0.717, 1.165) is 49.5 Å². The van der Waals surface area contributed by atoms with Crippen molar-refractivity contribution in [2.75, 3.05) is 55.0 Å². The second-order valence-electron chi connectivity index (χ2n) is 8.95. The van der Waals surface area contributed by atoms with E-state index >= 15 is 0 Å². The van der Waals surface area contributed by atoms with Crippen LogP contribution in [0.2, 0.25) is 0 Å². The van der Waals surface area contributed by atoms with Crippen molar-refractivity contribution in [2.45, 2.75) is 26.2 Å². The average molecular weight is 368 g/mol. The molecule has 2 atom stereocenters. The van der Waals surface area contributed by atoms with Gasteiger partial charge in [-0.05, 0) is 6.07 Å². The lowest BCUT2D eigenvalue weighted by molar-refractivity contribution is 0.533. The molecule has 0 bridgehead atoms. The van der Waals surface area contributed by atoms with Crippen molar-refractivity contribution in [3.63, 3.8) is 0 Å². The van der Waals surface area contributed by atoms with E-state index in [9.17, 15) is 0 Å². The van der Waals surface area contributed by atoms with E-state index in [1.165, 1.54) is 0 Å². The largest absolute Gasteiger partial charge is 0.363 e. The minimum atomic E-state index is 0.0406. The molecule has 0 spiro atoms. The Morgan fingerprint density at radius 1 is 0.963 bits per heavy atom. The zero-order valence-electron chi connectivity index (χ0n) is 16.9. The maximum atomic E-state index is 4.70. The molecule has 4 heterocycles. The zero-order chi connectivity index (χ0) is 19.2. The van der Waals surface area contributed by atoms with Crippen LogP contribution in [0, 0.1) is 11.8 Å². The summed E-state index contributed by atoms with van der Waals surface area (Å²) in [5, 5.41) is 0. The molecule has 2 aromatic rings. The molecule has 7 nitrogen and oxygen atoms in total. The zero-order valence-corrected chi connectivity index (χ0v) is 16.9. The van der Waals surface area contributed by atoms with E-state index in [2.05, 4.69) is 51.6 Å². The van der Waals surface area contributed by atoms with Gasteiger partial charge >= 0.3 is 0 Å². The van der Waals surface area contributed by atoms with Gasteiger partial charge < -0.3 is 14.7 Å². The Kier molecular flexibility index (Phi) is 4.40. The van der Waals surface area contributed by atoms with E-state index in [0.29, 0.717) is 11.8 Å². The molecule has 2 unspecified atom stereocenters. The van der Waals surface area contributed by atoms with E-state index in [-0.39, 0.29) is 5.41 Å².